The summed E-state index contributed by atoms with van der Waals surface area (Å²) in [5, 5.41) is 33.8. The number of hydrogen-bond acceptors (Lipinski definition) is 8. The van der Waals surface area contributed by atoms with E-state index in [1.165, 1.54) is 45.6 Å². The van der Waals surface area contributed by atoms with Crippen molar-refractivity contribution in [3.05, 3.63) is 34.9 Å². The van der Waals surface area contributed by atoms with Crippen LogP contribution in [0.3, 0.4) is 0 Å². The van der Waals surface area contributed by atoms with Gasteiger partial charge in [-0.3, -0.25) is 9.59 Å². The first-order valence-electron chi connectivity index (χ1n) is 16.6. The number of ether oxygens (including phenoxy) is 3. The van der Waals surface area contributed by atoms with Crippen LogP contribution in [0.15, 0.2) is 23.8 Å². The normalized spacial score (nSPS) is 23.8. The summed E-state index contributed by atoms with van der Waals surface area (Å²) in [4.78, 5) is 29.0. The smallest absolute Gasteiger partial charge is 0.247 e. The molecule has 246 valence electrons. The van der Waals surface area contributed by atoms with Gasteiger partial charge in [-0.25, -0.2) is 0 Å². The number of fused-ring (bicyclic) bond motifs is 3. The molecule has 4 N–H and O–H groups in total. The predicted molar refractivity (Wildman–Crippen MR) is 167 cm³/mol. The first-order chi connectivity index (χ1) is 21.4. The number of unbranched alkanes of at least 4 members (excludes halogenated alkanes) is 8. The lowest BCUT2D eigenvalue weighted by Crippen LogP contribution is -2.57. The SMILES string of the molecule is CCCCCCCCCCCC(=O)N(CC1CCCO1)C1C=C(C(=O)NCCO)C2c3cc(CO)cc(OC)c3OC2C1O. The van der Waals surface area contributed by atoms with Crippen molar-refractivity contribution >= 4 is 11.8 Å². The number of hydrogen-bond donors (Lipinski definition) is 4. The van der Waals surface area contributed by atoms with Crippen molar-refractivity contribution in [3.8, 4) is 11.5 Å². The number of aliphatic hydroxyl groups excluding tert-OH is 3. The first-order valence-corrected chi connectivity index (χ1v) is 16.6. The molecule has 2 aliphatic heterocycles. The monoisotopic (exact) mass is 616 g/mol. The molecular weight excluding hydrogens is 564 g/mol. The Morgan fingerprint density at radius 1 is 1.07 bits per heavy atom. The highest BCUT2D eigenvalue weighted by Crippen LogP contribution is 2.51. The average molecular weight is 617 g/mol. The molecule has 0 saturated carbocycles. The topological polar surface area (TPSA) is 138 Å². The molecule has 1 aromatic rings. The summed E-state index contributed by atoms with van der Waals surface area (Å²) in [6, 6.07) is 2.63. The van der Waals surface area contributed by atoms with Crippen LogP contribution in [0.5, 0.6) is 11.5 Å². The highest BCUT2D eigenvalue weighted by atomic mass is 16.5. The zero-order valence-corrected chi connectivity index (χ0v) is 26.5. The highest BCUT2D eigenvalue weighted by molar-refractivity contribution is 5.96. The number of carbonyl (C=O) groups excluding carboxylic acids is 2. The van der Waals surface area contributed by atoms with Gasteiger partial charge in [-0.15, -0.1) is 0 Å². The maximum atomic E-state index is 13.8. The van der Waals surface area contributed by atoms with Crippen LogP contribution in [-0.2, 0) is 20.9 Å². The molecule has 10 heteroatoms. The average Bonchev–Trinajstić information content (AvgIpc) is 3.70. The Kier molecular flexibility index (Phi) is 13.3. The van der Waals surface area contributed by atoms with Gasteiger partial charge in [0.1, 0.15) is 12.2 Å². The van der Waals surface area contributed by atoms with Crippen LogP contribution in [0.25, 0.3) is 0 Å². The van der Waals surface area contributed by atoms with E-state index in [0.29, 0.717) is 47.8 Å². The quantitative estimate of drug-likeness (QED) is 0.183. The molecule has 1 fully saturated rings. The Balaban J connectivity index is 1.56. The van der Waals surface area contributed by atoms with Gasteiger partial charge in [-0.05, 0) is 43.0 Å². The number of methoxy groups -OCH3 is 1. The van der Waals surface area contributed by atoms with E-state index in [9.17, 15) is 24.9 Å². The fourth-order valence-electron chi connectivity index (χ4n) is 6.75. The molecule has 1 aromatic carbocycles. The second-order valence-corrected chi connectivity index (χ2v) is 12.3. The van der Waals surface area contributed by atoms with Crippen molar-refractivity contribution < 1.29 is 39.1 Å². The molecular formula is C34H52N2O8. The minimum absolute atomic E-state index is 0.0612. The van der Waals surface area contributed by atoms with Crippen LogP contribution in [-0.4, -0.2) is 89.8 Å². The molecule has 5 unspecified atom stereocenters. The summed E-state index contributed by atoms with van der Waals surface area (Å²) in [6.07, 6.45) is 12.0. The molecule has 2 heterocycles. The third-order valence-corrected chi connectivity index (χ3v) is 9.09. The van der Waals surface area contributed by atoms with Gasteiger partial charge in [-0.1, -0.05) is 58.3 Å². The number of amides is 2. The van der Waals surface area contributed by atoms with Crippen LogP contribution in [0, 0.1) is 0 Å². The van der Waals surface area contributed by atoms with E-state index in [1.54, 1.807) is 23.1 Å². The van der Waals surface area contributed by atoms with Crippen LogP contribution >= 0.6 is 0 Å². The minimum Gasteiger partial charge on any atom is -0.493 e. The maximum Gasteiger partial charge on any atom is 0.247 e. The Hall–Kier alpha value is -2.66. The van der Waals surface area contributed by atoms with Gasteiger partial charge in [0.15, 0.2) is 11.5 Å². The molecule has 3 aliphatic rings. The standard InChI is InChI=1S/C34H52N2O8/c1-3-4-5-6-7-8-9-10-11-14-29(39)36(21-24-13-12-17-43-24)27-20-26(34(41)35-15-16-37)30-25-18-23(22-38)19-28(42-2)32(25)44-33(30)31(27)40/h18-20,24,27,30-31,33,37-38,40H,3-17,21-22H2,1-2H3,(H,35,41). The van der Waals surface area contributed by atoms with Gasteiger partial charge in [0.2, 0.25) is 11.8 Å². The van der Waals surface area contributed by atoms with Gasteiger partial charge < -0.3 is 39.7 Å². The molecule has 4 rings (SSSR count). The van der Waals surface area contributed by atoms with Crippen LogP contribution in [0.4, 0.5) is 0 Å². The zero-order chi connectivity index (χ0) is 31.5. The fraction of sp³-hybridized carbons (Fsp3) is 0.706. The molecule has 44 heavy (non-hydrogen) atoms. The molecule has 1 aliphatic carbocycles. The second kappa shape index (κ2) is 17.1. The summed E-state index contributed by atoms with van der Waals surface area (Å²) in [6.45, 7) is 2.78. The number of benzene rings is 1. The van der Waals surface area contributed by atoms with E-state index in [2.05, 4.69) is 12.2 Å². The van der Waals surface area contributed by atoms with Gasteiger partial charge in [0.25, 0.3) is 0 Å². The number of rotatable bonds is 18. The van der Waals surface area contributed by atoms with Gasteiger partial charge >= 0.3 is 0 Å². The number of nitrogens with zero attached hydrogens (tertiary/aromatic N) is 1. The summed E-state index contributed by atoms with van der Waals surface area (Å²) in [5.74, 6) is -0.316. The zero-order valence-electron chi connectivity index (χ0n) is 26.5. The van der Waals surface area contributed by atoms with Crippen LogP contribution in [0.1, 0.15) is 101 Å². The van der Waals surface area contributed by atoms with Gasteiger partial charge in [0, 0.05) is 37.3 Å². The van der Waals surface area contributed by atoms with Crippen molar-refractivity contribution in [1.29, 1.82) is 0 Å². The summed E-state index contributed by atoms with van der Waals surface area (Å²) >= 11 is 0. The molecule has 5 atom stereocenters. The van der Waals surface area contributed by atoms with Gasteiger partial charge in [-0.2, -0.15) is 0 Å². The lowest BCUT2D eigenvalue weighted by Gasteiger charge is -2.41. The fourth-order valence-corrected chi connectivity index (χ4v) is 6.75. The third kappa shape index (κ3) is 8.33. The third-order valence-electron chi connectivity index (χ3n) is 9.09. The van der Waals surface area contributed by atoms with Crippen LogP contribution < -0.4 is 14.8 Å². The van der Waals surface area contributed by atoms with E-state index >= 15 is 0 Å². The van der Waals surface area contributed by atoms with E-state index < -0.39 is 30.1 Å². The first kappa shape index (κ1) is 34.2. The summed E-state index contributed by atoms with van der Waals surface area (Å²) in [5.41, 5.74) is 1.57. The predicted octanol–water partition coefficient (Wildman–Crippen LogP) is 3.74. The molecule has 2 amide bonds. The number of nitrogens with one attached hydrogen (secondary N) is 1. The van der Waals surface area contributed by atoms with Crippen LogP contribution in [0.2, 0.25) is 0 Å². The number of carbonyl (C=O) groups is 2. The summed E-state index contributed by atoms with van der Waals surface area (Å²) < 4.78 is 17.8. The van der Waals surface area contributed by atoms with Crippen molar-refractivity contribution in [3.63, 3.8) is 0 Å². The molecule has 0 aromatic heterocycles. The molecule has 0 radical (unpaired) electrons. The molecule has 10 nitrogen and oxygen atoms in total. The van der Waals surface area contributed by atoms with E-state index in [-0.39, 0.29) is 31.8 Å². The highest BCUT2D eigenvalue weighted by Gasteiger charge is 2.51. The Morgan fingerprint density at radius 2 is 1.80 bits per heavy atom. The minimum atomic E-state index is -1.13. The van der Waals surface area contributed by atoms with E-state index in [1.807, 2.05) is 0 Å². The van der Waals surface area contributed by atoms with E-state index in [4.69, 9.17) is 14.2 Å². The largest absolute Gasteiger partial charge is 0.493 e. The Bertz CT molecular complexity index is 1120. The number of aliphatic hydroxyl groups is 3. The van der Waals surface area contributed by atoms with Crippen molar-refractivity contribution in [2.45, 2.75) is 121 Å². The van der Waals surface area contributed by atoms with Crippen molar-refractivity contribution in [2.24, 2.45) is 0 Å². The molecule has 0 spiro atoms. The maximum absolute atomic E-state index is 13.8. The van der Waals surface area contributed by atoms with Gasteiger partial charge in [0.05, 0.1) is 38.4 Å². The van der Waals surface area contributed by atoms with Crippen molar-refractivity contribution in [1.82, 2.24) is 10.2 Å². The van der Waals surface area contributed by atoms with Crippen molar-refractivity contribution in [2.75, 3.05) is 33.4 Å². The lowest BCUT2D eigenvalue weighted by molar-refractivity contribution is -0.139. The summed E-state index contributed by atoms with van der Waals surface area (Å²) in [7, 11) is 1.50. The Labute approximate surface area is 261 Å². The molecule has 1 saturated heterocycles. The molecule has 0 bridgehead atoms. The lowest BCUT2D eigenvalue weighted by atomic mass is 9.77. The van der Waals surface area contributed by atoms with E-state index in [0.717, 1.165) is 32.1 Å². The Morgan fingerprint density at radius 3 is 2.43 bits per heavy atom. The second-order valence-electron chi connectivity index (χ2n) is 12.3.